The molecular formula is C16H32N2O4. The van der Waals surface area contributed by atoms with Gasteiger partial charge in [-0.25, -0.2) is 4.79 Å². The monoisotopic (exact) mass is 316 g/mol. The van der Waals surface area contributed by atoms with Crippen molar-refractivity contribution < 1.29 is 19.0 Å². The molecule has 0 aliphatic carbocycles. The minimum Gasteiger partial charge on any atom is -0.444 e. The normalized spacial score (nSPS) is 16.8. The summed E-state index contributed by atoms with van der Waals surface area (Å²) in [7, 11) is 0. The van der Waals surface area contributed by atoms with Crippen molar-refractivity contribution in [3.05, 3.63) is 0 Å². The average molecular weight is 316 g/mol. The third-order valence-electron chi connectivity index (χ3n) is 3.39. The van der Waals surface area contributed by atoms with Crippen LogP contribution in [-0.2, 0) is 14.2 Å². The van der Waals surface area contributed by atoms with E-state index in [0.29, 0.717) is 26.2 Å². The van der Waals surface area contributed by atoms with Gasteiger partial charge in [-0.3, -0.25) is 0 Å². The van der Waals surface area contributed by atoms with Gasteiger partial charge < -0.3 is 24.8 Å². The number of carbonyl (C=O) groups is 1. The molecule has 1 rings (SSSR count). The number of unbranched alkanes of at least 4 members (excludes halogenated alkanes) is 1. The van der Waals surface area contributed by atoms with Crippen LogP contribution < -0.4 is 5.73 Å². The van der Waals surface area contributed by atoms with Gasteiger partial charge in [0.25, 0.3) is 0 Å². The number of nitrogens with two attached hydrogens (primary N) is 1. The molecule has 0 aromatic rings. The molecule has 0 aromatic carbocycles. The SMILES string of the molecule is CC(C)(C)OC(=O)N1CCC(OCCCCOCCN)CC1. The van der Waals surface area contributed by atoms with E-state index in [1.165, 1.54) is 0 Å². The third-order valence-corrected chi connectivity index (χ3v) is 3.39. The van der Waals surface area contributed by atoms with Gasteiger partial charge in [-0.15, -0.1) is 0 Å². The van der Waals surface area contributed by atoms with Crippen molar-refractivity contribution in [3.8, 4) is 0 Å². The number of rotatable bonds is 8. The summed E-state index contributed by atoms with van der Waals surface area (Å²) in [6.45, 7) is 9.78. The summed E-state index contributed by atoms with van der Waals surface area (Å²) in [5.74, 6) is 0. The molecule has 0 unspecified atom stereocenters. The number of hydrogen-bond donors (Lipinski definition) is 1. The minimum atomic E-state index is -0.434. The van der Waals surface area contributed by atoms with Crippen LogP contribution in [0.3, 0.4) is 0 Å². The number of amides is 1. The van der Waals surface area contributed by atoms with Crippen LogP contribution in [0.1, 0.15) is 46.5 Å². The Balaban J connectivity index is 2.06. The summed E-state index contributed by atoms with van der Waals surface area (Å²) in [4.78, 5) is 13.7. The molecule has 0 atom stereocenters. The Morgan fingerprint density at radius 1 is 1.14 bits per heavy atom. The van der Waals surface area contributed by atoms with Gasteiger partial charge >= 0.3 is 6.09 Å². The Morgan fingerprint density at radius 3 is 2.36 bits per heavy atom. The molecule has 2 N–H and O–H groups in total. The second kappa shape index (κ2) is 10.0. The van der Waals surface area contributed by atoms with Crippen molar-refractivity contribution in [3.63, 3.8) is 0 Å². The van der Waals surface area contributed by atoms with Gasteiger partial charge in [0.2, 0.25) is 0 Å². The van der Waals surface area contributed by atoms with E-state index in [9.17, 15) is 4.79 Å². The van der Waals surface area contributed by atoms with E-state index in [1.54, 1.807) is 4.90 Å². The number of carbonyl (C=O) groups excluding carboxylic acids is 1. The summed E-state index contributed by atoms with van der Waals surface area (Å²) in [5, 5.41) is 0. The van der Waals surface area contributed by atoms with E-state index in [2.05, 4.69) is 0 Å². The highest BCUT2D eigenvalue weighted by Gasteiger charge is 2.26. The molecule has 0 radical (unpaired) electrons. The maximum absolute atomic E-state index is 11.9. The lowest BCUT2D eigenvalue weighted by Crippen LogP contribution is -2.43. The van der Waals surface area contributed by atoms with Gasteiger partial charge in [0, 0.05) is 32.8 Å². The average Bonchev–Trinajstić information content (AvgIpc) is 2.45. The first kappa shape index (κ1) is 19.2. The largest absolute Gasteiger partial charge is 0.444 e. The lowest BCUT2D eigenvalue weighted by molar-refractivity contribution is -0.0131. The van der Waals surface area contributed by atoms with Crippen molar-refractivity contribution >= 4 is 6.09 Å². The highest BCUT2D eigenvalue weighted by molar-refractivity contribution is 5.68. The minimum absolute atomic E-state index is 0.219. The summed E-state index contributed by atoms with van der Waals surface area (Å²) < 4.78 is 16.6. The molecule has 0 aromatic heterocycles. The molecule has 1 aliphatic heterocycles. The fourth-order valence-corrected chi connectivity index (χ4v) is 2.27. The lowest BCUT2D eigenvalue weighted by Gasteiger charge is -2.33. The van der Waals surface area contributed by atoms with E-state index in [-0.39, 0.29) is 12.2 Å². The van der Waals surface area contributed by atoms with Gasteiger partial charge in [0.1, 0.15) is 5.60 Å². The first-order valence-electron chi connectivity index (χ1n) is 8.29. The summed E-state index contributed by atoms with van der Waals surface area (Å²) in [6, 6.07) is 0. The first-order valence-corrected chi connectivity index (χ1v) is 8.29. The molecule has 0 bridgehead atoms. The van der Waals surface area contributed by atoms with Crippen LogP contribution in [0.2, 0.25) is 0 Å². The topological polar surface area (TPSA) is 74.0 Å². The number of ether oxygens (including phenoxy) is 3. The maximum Gasteiger partial charge on any atom is 0.410 e. The van der Waals surface area contributed by atoms with Crippen LogP contribution in [0.5, 0.6) is 0 Å². The molecular weight excluding hydrogens is 284 g/mol. The first-order chi connectivity index (χ1) is 10.4. The van der Waals surface area contributed by atoms with Crippen LogP contribution in [0.15, 0.2) is 0 Å². The van der Waals surface area contributed by atoms with Crippen molar-refractivity contribution in [1.82, 2.24) is 4.90 Å². The van der Waals surface area contributed by atoms with Gasteiger partial charge in [-0.05, 0) is 46.5 Å². The lowest BCUT2D eigenvalue weighted by atomic mass is 10.1. The van der Waals surface area contributed by atoms with Crippen LogP contribution in [-0.4, -0.2) is 62.2 Å². The Bertz CT molecular complexity index is 310. The predicted octanol–water partition coefficient (Wildman–Crippen LogP) is 2.16. The second-order valence-corrected chi connectivity index (χ2v) is 6.65. The molecule has 6 nitrogen and oxygen atoms in total. The number of likely N-dealkylation sites (tertiary alicyclic amines) is 1. The molecule has 0 spiro atoms. The Morgan fingerprint density at radius 2 is 1.77 bits per heavy atom. The smallest absolute Gasteiger partial charge is 0.410 e. The van der Waals surface area contributed by atoms with Crippen LogP contribution >= 0.6 is 0 Å². The molecule has 130 valence electrons. The second-order valence-electron chi connectivity index (χ2n) is 6.65. The maximum atomic E-state index is 11.9. The van der Waals surface area contributed by atoms with Crippen molar-refractivity contribution in [2.75, 3.05) is 39.5 Å². The summed E-state index contributed by atoms with van der Waals surface area (Å²) >= 11 is 0. The van der Waals surface area contributed by atoms with E-state index < -0.39 is 5.60 Å². The number of piperidine rings is 1. The quantitative estimate of drug-likeness (QED) is 0.695. The van der Waals surface area contributed by atoms with E-state index in [1.807, 2.05) is 20.8 Å². The Kier molecular flexibility index (Phi) is 8.75. The number of nitrogens with zero attached hydrogens (tertiary/aromatic N) is 1. The van der Waals surface area contributed by atoms with E-state index in [0.717, 1.165) is 38.9 Å². The van der Waals surface area contributed by atoms with Crippen molar-refractivity contribution in [2.45, 2.75) is 58.2 Å². The zero-order valence-corrected chi connectivity index (χ0v) is 14.3. The number of hydrogen-bond acceptors (Lipinski definition) is 5. The molecule has 1 amide bonds. The Hall–Kier alpha value is -0.850. The standard InChI is InChI=1S/C16H32N2O4/c1-16(2,3)22-15(19)18-9-6-14(7-10-18)21-12-5-4-11-20-13-8-17/h14H,4-13,17H2,1-3H3. The molecule has 22 heavy (non-hydrogen) atoms. The third kappa shape index (κ3) is 8.56. The fraction of sp³-hybridized carbons (Fsp3) is 0.938. The molecule has 1 fully saturated rings. The summed E-state index contributed by atoms with van der Waals surface area (Å²) in [5.41, 5.74) is 4.91. The van der Waals surface area contributed by atoms with Gasteiger partial charge in [-0.1, -0.05) is 0 Å². The summed E-state index contributed by atoms with van der Waals surface area (Å²) in [6.07, 6.45) is 3.78. The highest BCUT2D eigenvalue weighted by Crippen LogP contribution is 2.17. The Labute approximate surface area is 134 Å². The van der Waals surface area contributed by atoms with E-state index in [4.69, 9.17) is 19.9 Å². The van der Waals surface area contributed by atoms with Crippen LogP contribution in [0, 0.1) is 0 Å². The molecule has 1 heterocycles. The van der Waals surface area contributed by atoms with Crippen molar-refractivity contribution in [1.29, 1.82) is 0 Å². The predicted molar refractivity (Wildman–Crippen MR) is 85.9 cm³/mol. The van der Waals surface area contributed by atoms with Gasteiger partial charge in [-0.2, -0.15) is 0 Å². The van der Waals surface area contributed by atoms with Crippen LogP contribution in [0.25, 0.3) is 0 Å². The zero-order chi connectivity index (χ0) is 16.4. The fourth-order valence-electron chi connectivity index (χ4n) is 2.27. The molecule has 0 saturated carbocycles. The zero-order valence-electron chi connectivity index (χ0n) is 14.3. The van der Waals surface area contributed by atoms with Gasteiger partial charge in [0.15, 0.2) is 0 Å². The van der Waals surface area contributed by atoms with Crippen molar-refractivity contribution in [2.24, 2.45) is 5.73 Å². The molecule has 1 saturated heterocycles. The van der Waals surface area contributed by atoms with Crippen LogP contribution in [0.4, 0.5) is 4.79 Å². The molecule has 6 heteroatoms. The van der Waals surface area contributed by atoms with E-state index >= 15 is 0 Å². The van der Waals surface area contributed by atoms with Gasteiger partial charge in [0.05, 0.1) is 12.7 Å². The molecule has 1 aliphatic rings. The highest BCUT2D eigenvalue weighted by atomic mass is 16.6.